The van der Waals surface area contributed by atoms with Crippen LogP contribution in [0.3, 0.4) is 0 Å². The molecule has 0 unspecified atom stereocenters. The summed E-state index contributed by atoms with van der Waals surface area (Å²) in [5, 5.41) is 0. The van der Waals surface area contributed by atoms with Crippen LogP contribution < -0.4 is 4.90 Å². The minimum absolute atomic E-state index is 0.114. The standard InChI is InChI=1S/C19H29N5O/c1-5-6-9-22(4)18-15(2)20-17-8-7-16(14-24(17)18)19(25)23-12-10-21(3)11-13-23/h7-8,14H,5-6,9-13H2,1-4H3. The Kier molecular flexibility index (Phi) is 5.27. The summed E-state index contributed by atoms with van der Waals surface area (Å²) in [6, 6.07) is 3.85. The Morgan fingerprint density at radius 3 is 2.64 bits per heavy atom. The van der Waals surface area contributed by atoms with Crippen LogP contribution in [0.15, 0.2) is 18.3 Å². The zero-order valence-electron chi connectivity index (χ0n) is 15.8. The molecule has 1 aliphatic heterocycles. The number of aryl methyl sites for hydroxylation is 1. The number of imidazole rings is 1. The van der Waals surface area contributed by atoms with Crippen molar-refractivity contribution in [1.29, 1.82) is 0 Å². The van der Waals surface area contributed by atoms with Gasteiger partial charge in [-0.3, -0.25) is 9.20 Å². The first-order chi connectivity index (χ1) is 12.0. The van der Waals surface area contributed by atoms with Crippen LogP contribution >= 0.6 is 0 Å². The van der Waals surface area contributed by atoms with E-state index in [0.29, 0.717) is 0 Å². The normalized spacial score (nSPS) is 15.8. The number of nitrogens with zero attached hydrogens (tertiary/aromatic N) is 5. The third-order valence-electron chi connectivity index (χ3n) is 5.01. The third kappa shape index (κ3) is 3.63. The van der Waals surface area contributed by atoms with Crippen molar-refractivity contribution in [2.45, 2.75) is 26.7 Å². The maximum atomic E-state index is 12.9. The smallest absolute Gasteiger partial charge is 0.255 e. The molecule has 2 aromatic heterocycles. The molecule has 1 fully saturated rings. The summed E-state index contributed by atoms with van der Waals surface area (Å²) in [6.07, 6.45) is 4.25. The van der Waals surface area contributed by atoms with Crippen LogP contribution in [0.2, 0.25) is 0 Å². The number of carbonyl (C=O) groups excluding carboxylic acids is 1. The zero-order valence-corrected chi connectivity index (χ0v) is 15.8. The molecule has 0 spiro atoms. The third-order valence-corrected chi connectivity index (χ3v) is 5.01. The second-order valence-corrected chi connectivity index (χ2v) is 7.04. The Labute approximate surface area is 150 Å². The quantitative estimate of drug-likeness (QED) is 0.835. The first kappa shape index (κ1) is 17.7. The van der Waals surface area contributed by atoms with Gasteiger partial charge >= 0.3 is 0 Å². The summed E-state index contributed by atoms with van der Waals surface area (Å²) >= 11 is 0. The first-order valence-corrected chi connectivity index (χ1v) is 9.19. The number of unbranched alkanes of at least 4 members (excludes halogenated alkanes) is 1. The molecule has 0 radical (unpaired) electrons. The summed E-state index contributed by atoms with van der Waals surface area (Å²) in [5.41, 5.74) is 2.63. The molecule has 6 nitrogen and oxygen atoms in total. The van der Waals surface area contributed by atoms with Crippen molar-refractivity contribution >= 4 is 17.4 Å². The molecule has 2 aromatic rings. The zero-order chi connectivity index (χ0) is 18.0. The van der Waals surface area contributed by atoms with E-state index in [1.54, 1.807) is 0 Å². The van der Waals surface area contributed by atoms with Crippen molar-refractivity contribution in [2.24, 2.45) is 0 Å². The number of rotatable bonds is 5. The fourth-order valence-corrected chi connectivity index (χ4v) is 3.43. The van der Waals surface area contributed by atoms with Crippen molar-refractivity contribution in [3.05, 3.63) is 29.6 Å². The fourth-order valence-electron chi connectivity index (χ4n) is 3.43. The summed E-state index contributed by atoms with van der Waals surface area (Å²) in [4.78, 5) is 24.0. The lowest BCUT2D eigenvalue weighted by atomic mass is 10.2. The maximum absolute atomic E-state index is 12.9. The SMILES string of the molecule is CCCCN(C)c1c(C)nc2ccc(C(=O)N3CCN(C)CC3)cn12. The van der Waals surface area contributed by atoms with Crippen LogP contribution in [0, 0.1) is 6.92 Å². The highest BCUT2D eigenvalue weighted by atomic mass is 16.2. The van der Waals surface area contributed by atoms with Gasteiger partial charge in [-0.05, 0) is 32.5 Å². The van der Waals surface area contributed by atoms with E-state index in [9.17, 15) is 4.79 Å². The molecule has 0 aromatic carbocycles. The lowest BCUT2D eigenvalue weighted by molar-refractivity contribution is 0.0663. The average Bonchev–Trinajstić information content (AvgIpc) is 2.94. The molecule has 3 rings (SSSR count). The van der Waals surface area contributed by atoms with Gasteiger partial charge in [-0.25, -0.2) is 4.98 Å². The molecule has 0 aliphatic carbocycles. The van der Waals surface area contributed by atoms with Crippen LogP contribution in [-0.4, -0.2) is 71.9 Å². The van der Waals surface area contributed by atoms with E-state index in [4.69, 9.17) is 0 Å². The number of carbonyl (C=O) groups is 1. The van der Waals surface area contributed by atoms with Gasteiger partial charge in [-0.1, -0.05) is 13.3 Å². The van der Waals surface area contributed by atoms with Crippen LogP contribution in [-0.2, 0) is 0 Å². The largest absolute Gasteiger partial charge is 0.359 e. The van der Waals surface area contributed by atoms with Crippen molar-refractivity contribution < 1.29 is 4.79 Å². The number of likely N-dealkylation sites (N-methyl/N-ethyl adjacent to an activating group) is 1. The molecule has 0 bridgehead atoms. The Morgan fingerprint density at radius 1 is 1.24 bits per heavy atom. The molecule has 6 heteroatoms. The molecule has 3 heterocycles. The van der Waals surface area contributed by atoms with Crippen molar-refractivity contribution in [3.8, 4) is 0 Å². The highest BCUT2D eigenvalue weighted by Crippen LogP contribution is 2.22. The van der Waals surface area contributed by atoms with E-state index in [2.05, 4.69) is 40.2 Å². The van der Waals surface area contributed by atoms with E-state index in [1.165, 1.54) is 0 Å². The number of fused-ring (bicyclic) bond motifs is 1. The van der Waals surface area contributed by atoms with Gasteiger partial charge in [0.2, 0.25) is 0 Å². The van der Waals surface area contributed by atoms with Gasteiger partial charge in [0.1, 0.15) is 11.5 Å². The molecule has 136 valence electrons. The first-order valence-electron chi connectivity index (χ1n) is 9.19. The van der Waals surface area contributed by atoms with Crippen LogP contribution in [0.25, 0.3) is 5.65 Å². The summed E-state index contributed by atoms with van der Waals surface area (Å²) in [5.74, 6) is 1.19. The molecular formula is C19H29N5O. The molecular weight excluding hydrogens is 314 g/mol. The van der Waals surface area contributed by atoms with E-state index in [1.807, 2.05) is 30.2 Å². The van der Waals surface area contributed by atoms with Crippen molar-refractivity contribution in [3.63, 3.8) is 0 Å². The van der Waals surface area contributed by atoms with Gasteiger partial charge < -0.3 is 14.7 Å². The maximum Gasteiger partial charge on any atom is 0.255 e. The number of anilines is 1. The van der Waals surface area contributed by atoms with E-state index < -0.39 is 0 Å². The molecule has 25 heavy (non-hydrogen) atoms. The molecule has 0 saturated carbocycles. The fraction of sp³-hybridized carbons (Fsp3) is 0.579. The lowest BCUT2D eigenvalue weighted by Crippen LogP contribution is -2.47. The number of hydrogen-bond acceptors (Lipinski definition) is 4. The van der Waals surface area contributed by atoms with E-state index in [-0.39, 0.29) is 5.91 Å². The van der Waals surface area contributed by atoms with Gasteiger partial charge in [0.15, 0.2) is 0 Å². The van der Waals surface area contributed by atoms with Gasteiger partial charge in [-0.2, -0.15) is 0 Å². The van der Waals surface area contributed by atoms with Gasteiger partial charge in [-0.15, -0.1) is 0 Å². The topological polar surface area (TPSA) is 44.1 Å². The van der Waals surface area contributed by atoms with Gasteiger partial charge in [0.25, 0.3) is 5.91 Å². The van der Waals surface area contributed by atoms with Gasteiger partial charge in [0, 0.05) is 46.0 Å². The van der Waals surface area contributed by atoms with Crippen LogP contribution in [0.1, 0.15) is 35.8 Å². The predicted octanol–water partition coefficient (Wildman–Crippen LogP) is 2.27. The van der Waals surface area contributed by atoms with Crippen molar-refractivity contribution in [2.75, 3.05) is 51.7 Å². The Bertz CT molecular complexity index is 746. The van der Waals surface area contributed by atoms with E-state index in [0.717, 1.165) is 68.3 Å². The second-order valence-electron chi connectivity index (χ2n) is 7.04. The number of amides is 1. The molecule has 1 amide bonds. The number of aromatic nitrogens is 2. The summed E-state index contributed by atoms with van der Waals surface area (Å²) in [6.45, 7) is 8.67. The number of piperazine rings is 1. The average molecular weight is 343 g/mol. The summed E-state index contributed by atoms with van der Waals surface area (Å²) < 4.78 is 2.06. The minimum atomic E-state index is 0.114. The predicted molar refractivity (Wildman–Crippen MR) is 102 cm³/mol. The molecule has 0 atom stereocenters. The molecule has 1 saturated heterocycles. The van der Waals surface area contributed by atoms with Crippen LogP contribution in [0.4, 0.5) is 5.82 Å². The number of hydrogen-bond donors (Lipinski definition) is 0. The summed E-state index contributed by atoms with van der Waals surface area (Å²) in [7, 11) is 4.20. The number of pyridine rings is 1. The van der Waals surface area contributed by atoms with Crippen molar-refractivity contribution in [1.82, 2.24) is 19.2 Å². The molecule has 0 N–H and O–H groups in total. The Morgan fingerprint density at radius 2 is 1.96 bits per heavy atom. The van der Waals surface area contributed by atoms with Crippen LogP contribution in [0.5, 0.6) is 0 Å². The minimum Gasteiger partial charge on any atom is -0.359 e. The lowest BCUT2D eigenvalue weighted by Gasteiger charge is -2.32. The monoisotopic (exact) mass is 343 g/mol. The molecule has 1 aliphatic rings. The van der Waals surface area contributed by atoms with E-state index >= 15 is 0 Å². The second kappa shape index (κ2) is 7.44. The highest BCUT2D eigenvalue weighted by Gasteiger charge is 2.21. The Hall–Kier alpha value is -2.08. The highest BCUT2D eigenvalue weighted by molar-refractivity contribution is 5.94. The van der Waals surface area contributed by atoms with Gasteiger partial charge in [0.05, 0.1) is 11.3 Å². The Balaban J connectivity index is 1.89.